The Bertz CT molecular complexity index is 1120. The maximum Gasteiger partial charge on any atom is 0.282 e. The van der Waals surface area contributed by atoms with E-state index in [4.69, 9.17) is 0 Å². The lowest BCUT2D eigenvalue weighted by Crippen LogP contribution is -2.50. The second-order valence-corrected chi connectivity index (χ2v) is 8.25. The first-order chi connectivity index (χ1) is 14.7. The van der Waals surface area contributed by atoms with Gasteiger partial charge in [-0.25, -0.2) is 0 Å². The Kier molecular flexibility index (Phi) is 5.08. The maximum atomic E-state index is 13.4. The quantitative estimate of drug-likeness (QED) is 0.426. The highest BCUT2D eigenvalue weighted by Gasteiger charge is 2.46. The van der Waals surface area contributed by atoms with E-state index in [-0.39, 0.29) is 17.0 Å². The number of nitrogens with zero attached hydrogens (tertiary/aromatic N) is 3. The highest BCUT2D eigenvalue weighted by atomic mass is 16.6. The monoisotopic (exact) mass is 421 g/mol. The largest absolute Gasteiger partial charge is 0.310 e. The van der Waals surface area contributed by atoms with Gasteiger partial charge in [0.1, 0.15) is 11.6 Å². The molecule has 2 aliphatic heterocycles. The van der Waals surface area contributed by atoms with Gasteiger partial charge in [0.2, 0.25) is 5.91 Å². The Balaban J connectivity index is 1.66. The number of amides is 3. The van der Waals surface area contributed by atoms with Crippen LogP contribution in [0.25, 0.3) is 0 Å². The van der Waals surface area contributed by atoms with Gasteiger partial charge in [0.25, 0.3) is 17.5 Å². The number of rotatable bonds is 4. The fraction of sp³-hybridized carbons (Fsp3) is 0.348. The van der Waals surface area contributed by atoms with Gasteiger partial charge < -0.3 is 4.90 Å². The third-order valence-electron chi connectivity index (χ3n) is 6.02. The van der Waals surface area contributed by atoms with Crippen LogP contribution in [0.1, 0.15) is 65.0 Å². The first-order valence-electron chi connectivity index (χ1n) is 10.3. The molecule has 0 aromatic heterocycles. The van der Waals surface area contributed by atoms with E-state index in [9.17, 15) is 24.5 Å². The van der Waals surface area contributed by atoms with E-state index >= 15 is 0 Å². The molecule has 1 atom stereocenters. The fourth-order valence-corrected chi connectivity index (χ4v) is 4.33. The normalized spacial score (nSPS) is 16.4. The molecule has 0 bridgehead atoms. The highest BCUT2D eigenvalue weighted by molar-refractivity contribution is 6.25. The molecule has 2 aliphatic rings. The second-order valence-electron chi connectivity index (χ2n) is 8.25. The van der Waals surface area contributed by atoms with E-state index in [0.717, 1.165) is 29.0 Å². The van der Waals surface area contributed by atoms with E-state index in [1.807, 2.05) is 12.1 Å². The average molecular weight is 421 g/mol. The van der Waals surface area contributed by atoms with E-state index in [0.29, 0.717) is 12.5 Å². The van der Waals surface area contributed by atoms with Gasteiger partial charge in [-0.05, 0) is 48.9 Å². The number of anilines is 1. The van der Waals surface area contributed by atoms with Crippen LogP contribution in [0.2, 0.25) is 0 Å². The summed E-state index contributed by atoms with van der Waals surface area (Å²) in [7, 11) is 0. The first kappa shape index (κ1) is 20.7. The zero-order chi connectivity index (χ0) is 22.4. The van der Waals surface area contributed by atoms with Crippen LogP contribution in [0.4, 0.5) is 11.4 Å². The van der Waals surface area contributed by atoms with Crippen LogP contribution < -0.4 is 4.90 Å². The lowest BCUT2D eigenvalue weighted by atomic mass is 9.94. The van der Waals surface area contributed by atoms with Crippen LogP contribution in [-0.4, -0.2) is 40.1 Å². The summed E-state index contributed by atoms with van der Waals surface area (Å²) in [4.78, 5) is 52.3. The number of nitro groups is 1. The number of hydrogen-bond acceptors (Lipinski definition) is 5. The van der Waals surface area contributed by atoms with Crippen LogP contribution in [0, 0.1) is 10.1 Å². The van der Waals surface area contributed by atoms with Crippen molar-refractivity contribution in [1.29, 1.82) is 0 Å². The van der Waals surface area contributed by atoms with Crippen molar-refractivity contribution in [2.24, 2.45) is 0 Å². The molecule has 2 aromatic rings. The molecule has 1 unspecified atom stereocenters. The molecule has 3 amide bonds. The highest BCUT2D eigenvalue weighted by Crippen LogP contribution is 2.34. The molecule has 31 heavy (non-hydrogen) atoms. The summed E-state index contributed by atoms with van der Waals surface area (Å²) < 4.78 is 0. The minimum absolute atomic E-state index is 0.0422. The zero-order valence-corrected chi connectivity index (χ0v) is 17.6. The number of benzene rings is 2. The molecule has 0 N–H and O–H groups in total. The summed E-state index contributed by atoms with van der Waals surface area (Å²) in [6.07, 6.45) is 1.63. The molecule has 0 saturated heterocycles. The van der Waals surface area contributed by atoms with E-state index in [1.165, 1.54) is 30.7 Å². The van der Waals surface area contributed by atoms with Gasteiger partial charge in [-0.1, -0.05) is 32.0 Å². The van der Waals surface area contributed by atoms with Crippen LogP contribution in [0.5, 0.6) is 0 Å². The molecular weight excluding hydrogens is 398 g/mol. The summed E-state index contributed by atoms with van der Waals surface area (Å²) in [5.74, 6) is -1.50. The predicted octanol–water partition coefficient (Wildman–Crippen LogP) is 3.68. The third kappa shape index (κ3) is 3.28. The number of nitro benzene ring substituents is 1. The Hall–Kier alpha value is -3.55. The lowest BCUT2D eigenvalue weighted by molar-refractivity contribution is -0.385. The molecule has 0 saturated carbocycles. The molecule has 2 heterocycles. The van der Waals surface area contributed by atoms with Crippen molar-refractivity contribution in [3.63, 3.8) is 0 Å². The summed E-state index contributed by atoms with van der Waals surface area (Å²) >= 11 is 0. The van der Waals surface area contributed by atoms with Crippen molar-refractivity contribution in [2.45, 2.75) is 45.6 Å². The molecule has 0 radical (unpaired) electrons. The SMILES string of the molecule is CC(C)c1ccc2c(c1)CCCN2C(=O)C(C)N1C(=O)c2cccc([N+](=O)[O-])c2C1=O. The number of carbonyl (C=O) groups excluding carboxylic acids is 3. The zero-order valence-electron chi connectivity index (χ0n) is 17.6. The van der Waals surface area contributed by atoms with Crippen molar-refractivity contribution < 1.29 is 19.3 Å². The minimum Gasteiger partial charge on any atom is -0.310 e. The number of aryl methyl sites for hydroxylation is 1. The van der Waals surface area contributed by atoms with Gasteiger partial charge in [-0.3, -0.25) is 29.4 Å². The molecule has 0 aliphatic carbocycles. The van der Waals surface area contributed by atoms with E-state index in [1.54, 1.807) is 4.90 Å². The van der Waals surface area contributed by atoms with Crippen molar-refractivity contribution in [3.8, 4) is 0 Å². The fourth-order valence-electron chi connectivity index (χ4n) is 4.33. The first-order valence-corrected chi connectivity index (χ1v) is 10.3. The van der Waals surface area contributed by atoms with E-state index < -0.39 is 28.5 Å². The topological polar surface area (TPSA) is 101 Å². The molecule has 4 rings (SSSR count). The van der Waals surface area contributed by atoms with Gasteiger partial charge in [0.05, 0.1) is 10.5 Å². The Labute approximate surface area is 179 Å². The van der Waals surface area contributed by atoms with Gasteiger partial charge in [0.15, 0.2) is 0 Å². The van der Waals surface area contributed by atoms with Crippen molar-refractivity contribution >= 4 is 29.1 Å². The molecule has 160 valence electrons. The molecule has 0 fully saturated rings. The van der Waals surface area contributed by atoms with Crippen LogP contribution in [-0.2, 0) is 11.2 Å². The average Bonchev–Trinajstić information content (AvgIpc) is 3.02. The van der Waals surface area contributed by atoms with Crippen LogP contribution in [0.15, 0.2) is 36.4 Å². The molecule has 8 nitrogen and oxygen atoms in total. The van der Waals surface area contributed by atoms with Crippen LogP contribution >= 0.6 is 0 Å². The molecule has 0 spiro atoms. The second kappa shape index (κ2) is 7.61. The number of imide groups is 1. The number of carbonyl (C=O) groups is 3. The summed E-state index contributed by atoms with van der Waals surface area (Å²) in [5.41, 5.74) is 2.32. The molecule has 2 aromatic carbocycles. The van der Waals surface area contributed by atoms with Gasteiger partial charge >= 0.3 is 0 Å². The van der Waals surface area contributed by atoms with Gasteiger partial charge in [0, 0.05) is 18.3 Å². The number of fused-ring (bicyclic) bond motifs is 2. The van der Waals surface area contributed by atoms with Crippen molar-refractivity contribution in [3.05, 3.63) is 68.8 Å². The third-order valence-corrected chi connectivity index (χ3v) is 6.02. The predicted molar refractivity (Wildman–Crippen MR) is 114 cm³/mol. The van der Waals surface area contributed by atoms with Crippen LogP contribution in [0.3, 0.4) is 0 Å². The minimum atomic E-state index is -1.08. The lowest BCUT2D eigenvalue weighted by Gasteiger charge is -2.34. The van der Waals surface area contributed by atoms with Crippen molar-refractivity contribution in [2.75, 3.05) is 11.4 Å². The summed E-state index contributed by atoms with van der Waals surface area (Å²) in [5, 5.41) is 11.3. The van der Waals surface area contributed by atoms with Gasteiger partial charge in [-0.15, -0.1) is 0 Å². The maximum absolute atomic E-state index is 13.4. The smallest absolute Gasteiger partial charge is 0.282 e. The van der Waals surface area contributed by atoms with Gasteiger partial charge in [-0.2, -0.15) is 0 Å². The Morgan fingerprint density at radius 1 is 1.10 bits per heavy atom. The number of hydrogen-bond donors (Lipinski definition) is 0. The van der Waals surface area contributed by atoms with Crippen molar-refractivity contribution in [1.82, 2.24) is 4.90 Å². The Morgan fingerprint density at radius 3 is 2.52 bits per heavy atom. The summed E-state index contributed by atoms with van der Waals surface area (Å²) in [6.45, 7) is 6.20. The van der Waals surface area contributed by atoms with E-state index in [2.05, 4.69) is 19.9 Å². The standard InChI is InChI=1S/C23H23N3O5/c1-13(2)15-9-10-18-16(12-15)6-5-11-24(18)21(27)14(3)25-22(28)17-7-4-8-19(26(30)31)20(17)23(25)29/h4,7-10,12-14H,5-6,11H2,1-3H3. The Morgan fingerprint density at radius 2 is 1.84 bits per heavy atom. The molecular formula is C23H23N3O5. The summed E-state index contributed by atoms with van der Waals surface area (Å²) in [6, 6.07) is 8.87. The molecule has 8 heteroatoms.